The normalized spacial score (nSPS) is 16.8. The number of aliphatic hydroxyl groups excluding tert-OH is 1. The number of amides is 2. The molecule has 0 atom stereocenters. The molecule has 0 unspecified atom stereocenters. The van der Waals surface area contributed by atoms with Gasteiger partial charge in [-0.3, -0.25) is 0 Å². The molecule has 118 valence electrons. The molecule has 1 saturated carbocycles. The zero-order valence-corrected chi connectivity index (χ0v) is 12.6. The number of imidazole rings is 1. The number of aromatic nitrogens is 2. The summed E-state index contributed by atoms with van der Waals surface area (Å²) < 4.78 is 1.97. The highest BCUT2D eigenvalue weighted by molar-refractivity contribution is 5.74. The number of hydrogen-bond acceptors (Lipinski definition) is 3. The molecule has 0 bridgehead atoms. The number of fused-ring (bicyclic) bond motifs is 1. The fourth-order valence-corrected chi connectivity index (χ4v) is 3.07. The molecular formula is C16H22N4O2. The highest BCUT2D eigenvalue weighted by Crippen LogP contribution is 2.28. The molecule has 2 heterocycles. The third-order valence-electron chi connectivity index (χ3n) is 4.32. The third kappa shape index (κ3) is 3.22. The van der Waals surface area contributed by atoms with Gasteiger partial charge < -0.3 is 20.1 Å². The number of aliphatic hydroxyl groups is 1. The molecule has 0 aliphatic heterocycles. The molecule has 6 heteroatoms. The molecular weight excluding hydrogens is 280 g/mol. The minimum atomic E-state index is -0.423. The van der Waals surface area contributed by atoms with Gasteiger partial charge in [0.1, 0.15) is 5.65 Å². The van der Waals surface area contributed by atoms with Crippen molar-refractivity contribution in [2.75, 3.05) is 13.2 Å². The highest BCUT2D eigenvalue weighted by Gasteiger charge is 2.34. The molecule has 6 nitrogen and oxygen atoms in total. The van der Waals surface area contributed by atoms with Gasteiger partial charge in [0.15, 0.2) is 0 Å². The Morgan fingerprint density at radius 1 is 1.36 bits per heavy atom. The molecule has 0 radical (unpaired) electrons. The lowest BCUT2D eigenvalue weighted by Crippen LogP contribution is -2.53. The average molecular weight is 302 g/mol. The lowest BCUT2D eigenvalue weighted by atomic mass is 9.99. The Morgan fingerprint density at radius 3 is 2.91 bits per heavy atom. The summed E-state index contributed by atoms with van der Waals surface area (Å²) in [6, 6.07) is 5.66. The van der Waals surface area contributed by atoms with Crippen LogP contribution in [0.25, 0.3) is 5.65 Å². The van der Waals surface area contributed by atoms with E-state index in [2.05, 4.69) is 15.6 Å². The first-order valence-electron chi connectivity index (χ1n) is 7.80. The molecule has 1 aliphatic rings. The lowest BCUT2D eigenvalue weighted by molar-refractivity contribution is 0.163. The smallest absolute Gasteiger partial charge is 0.315 e. The standard InChI is InChI=1S/C16H22N4O2/c21-12-16(7-2-3-8-16)19-15(22)17-9-6-13-11-20-10-4-1-5-14(20)18-13/h1,4-5,10-11,21H,2-3,6-9,12H2,(H2,17,19,22). The van der Waals surface area contributed by atoms with Crippen molar-refractivity contribution in [1.29, 1.82) is 0 Å². The van der Waals surface area contributed by atoms with E-state index in [4.69, 9.17) is 0 Å². The van der Waals surface area contributed by atoms with E-state index >= 15 is 0 Å². The number of nitrogens with zero attached hydrogens (tertiary/aromatic N) is 2. The van der Waals surface area contributed by atoms with E-state index in [1.807, 2.05) is 35.0 Å². The zero-order valence-electron chi connectivity index (χ0n) is 12.6. The van der Waals surface area contributed by atoms with Crippen LogP contribution in [-0.2, 0) is 6.42 Å². The second-order valence-electron chi connectivity index (χ2n) is 5.97. The predicted octanol–water partition coefficient (Wildman–Crippen LogP) is 1.48. The van der Waals surface area contributed by atoms with Crippen molar-refractivity contribution in [1.82, 2.24) is 20.0 Å². The Hall–Kier alpha value is -2.08. The van der Waals surface area contributed by atoms with Gasteiger partial charge in [-0.1, -0.05) is 18.9 Å². The Morgan fingerprint density at radius 2 is 2.18 bits per heavy atom. The number of nitrogens with one attached hydrogen (secondary N) is 2. The predicted molar refractivity (Wildman–Crippen MR) is 83.7 cm³/mol. The van der Waals surface area contributed by atoms with E-state index in [1.165, 1.54) is 0 Å². The Labute approximate surface area is 129 Å². The number of carbonyl (C=O) groups is 1. The topological polar surface area (TPSA) is 78.7 Å². The van der Waals surface area contributed by atoms with Crippen molar-refractivity contribution in [3.8, 4) is 0 Å². The van der Waals surface area contributed by atoms with Crippen LogP contribution in [0.2, 0.25) is 0 Å². The monoisotopic (exact) mass is 302 g/mol. The van der Waals surface area contributed by atoms with E-state index in [9.17, 15) is 9.90 Å². The number of urea groups is 1. The van der Waals surface area contributed by atoms with Crippen LogP contribution >= 0.6 is 0 Å². The summed E-state index contributed by atoms with van der Waals surface area (Å²) in [7, 11) is 0. The number of rotatable bonds is 5. The van der Waals surface area contributed by atoms with Crippen molar-refractivity contribution >= 4 is 11.7 Å². The maximum atomic E-state index is 12.0. The van der Waals surface area contributed by atoms with Crippen molar-refractivity contribution in [3.63, 3.8) is 0 Å². The molecule has 0 saturated heterocycles. The largest absolute Gasteiger partial charge is 0.394 e. The van der Waals surface area contributed by atoms with Gasteiger partial charge in [-0.15, -0.1) is 0 Å². The van der Waals surface area contributed by atoms with E-state index in [0.717, 1.165) is 37.0 Å². The lowest BCUT2D eigenvalue weighted by Gasteiger charge is -2.27. The van der Waals surface area contributed by atoms with Crippen LogP contribution in [0.1, 0.15) is 31.4 Å². The number of pyridine rings is 1. The first-order valence-corrected chi connectivity index (χ1v) is 7.80. The van der Waals surface area contributed by atoms with E-state index in [0.29, 0.717) is 13.0 Å². The van der Waals surface area contributed by atoms with Crippen LogP contribution < -0.4 is 10.6 Å². The van der Waals surface area contributed by atoms with Crippen molar-refractivity contribution in [3.05, 3.63) is 36.3 Å². The van der Waals surface area contributed by atoms with Crippen molar-refractivity contribution in [2.24, 2.45) is 0 Å². The van der Waals surface area contributed by atoms with Gasteiger partial charge in [-0.2, -0.15) is 0 Å². The Kier molecular flexibility index (Phi) is 4.29. The fourth-order valence-electron chi connectivity index (χ4n) is 3.07. The van der Waals surface area contributed by atoms with Crippen molar-refractivity contribution < 1.29 is 9.90 Å². The highest BCUT2D eigenvalue weighted by atomic mass is 16.3. The summed E-state index contributed by atoms with van der Waals surface area (Å²) in [6.45, 7) is 0.532. The van der Waals surface area contributed by atoms with Gasteiger partial charge in [0.05, 0.1) is 17.8 Å². The fraction of sp³-hybridized carbons (Fsp3) is 0.500. The van der Waals surface area contributed by atoms with Gasteiger partial charge in [0, 0.05) is 25.4 Å². The number of hydrogen-bond donors (Lipinski definition) is 3. The van der Waals surface area contributed by atoms with Crippen LogP contribution in [0.5, 0.6) is 0 Å². The Balaban J connectivity index is 1.49. The summed E-state index contributed by atoms with van der Waals surface area (Å²) in [5.41, 5.74) is 1.43. The molecule has 2 aromatic rings. The Bertz CT molecular complexity index is 613. The quantitative estimate of drug-likeness (QED) is 0.783. The molecule has 0 spiro atoms. The molecule has 3 N–H and O–H groups in total. The van der Waals surface area contributed by atoms with E-state index in [-0.39, 0.29) is 12.6 Å². The van der Waals surface area contributed by atoms with E-state index < -0.39 is 5.54 Å². The van der Waals surface area contributed by atoms with Crippen LogP contribution in [0.15, 0.2) is 30.6 Å². The molecule has 0 aromatic carbocycles. The average Bonchev–Trinajstić information content (AvgIpc) is 3.14. The zero-order chi connectivity index (χ0) is 15.4. The van der Waals surface area contributed by atoms with Gasteiger partial charge in [0.2, 0.25) is 0 Å². The van der Waals surface area contributed by atoms with Crippen LogP contribution in [0, 0.1) is 0 Å². The number of carbonyl (C=O) groups excluding carboxylic acids is 1. The maximum absolute atomic E-state index is 12.0. The molecule has 22 heavy (non-hydrogen) atoms. The van der Waals surface area contributed by atoms with Gasteiger partial charge in [-0.25, -0.2) is 9.78 Å². The van der Waals surface area contributed by atoms with Crippen LogP contribution in [0.4, 0.5) is 4.79 Å². The van der Waals surface area contributed by atoms with Gasteiger partial charge >= 0.3 is 6.03 Å². The summed E-state index contributed by atoms with van der Waals surface area (Å²) in [4.78, 5) is 16.5. The van der Waals surface area contributed by atoms with E-state index in [1.54, 1.807) is 0 Å². The van der Waals surface area contributed by atoms with Gasteiger partial charge in [0.25, 0.3) is 0 Å². The van der Waals surface area contributed by atoms with Crippen LogP contribution in [-0.4, -0.2) is 39.2 Å². The molecule has 1 aliphatic carbocycles. The minimum absolute atomic E-state index is 0.00680. The first-order chi connectivity index (χ1) is 10.7. The molecule has 2 aromatic heterocycles. The maximum Gasteiger partial charge on any atom is 0.315 e. The summed E-state index contributed by atoms with van der Waals surface area (Å²) in [5, 5.41) is 15.3. The van der Waals surface area contributed by atoms with Crippen molar-refractivity contribution in [2.45, 2.75) is 37.6 Å². The molecule has 2 amide bonds. The second-order valence-corrected chi connectivity index (χ2v) is 5.97. The molecule has 1 fully saturated rings. The minimum Gasteiger partial charge on any atom is -0.394 e. The summed E-state index contributed by atoms with van der Waals surface area (Å²) in [6.07, 6.45) is 8.43. The van der Waals surface area contributed by atoms with Crippen LogP contribution in [0.3, 0.4) is 0 Å². The third-order valence-corrected chi connectivity index (χ3v) is 4.32. The summed E-state index contributed by atoms with van der Waals surface area (Å²) in [5.74, 6) is 0. The molecule has 3 rings (SSSR count). The van der Waals surface area contributed by atoms with Gasteiger partial charge in [-0.05, 0) is 25.0 Å². The summed E-state index contributed by atoms with van der Waals surface area (Å²) >= 11 is 0. The second kappa shape index (κ2) is 6.36. The first kappa shape index (κ1) is 14.8. The SMILES string of the molecule is O=C(NCCc1cn2ccccc2n1)NC1(CO)CCCC1.